The van der Waals surface area contributed by atoms with Crippen molar-refractivity contribution in [1.29, 1.82) is 0 Å². The molecule has 0 atom stereocenters. The van der Waals surface area contributed by atoms with Gasteiger partial charge in [0, 0.05) is 0 Å². The van der Waals surface area contributed by atoms with Crippen LogP contribution in [0.5, 0.6) is 5.75 Å². The molecule has 0 spiro atoms. The zero-order chi connectivity index (χ0) is 17.2. The molecule has 0 fully saturated rings. The maximum atomic E-state index is 12.9. The fraction of sp³-hybridized carbons (Fsp3) is 0.278. The van der Waals surface area contributed by atoms with E-state index in [0.717, 1.165) is 11.1 Å². The van der Waals surface area contributed by atoms with E-state index < -0.39 is 5.60 Å². The van der Waals surface area contributed by atoms with Crippen molar-refractivity contribution in [3.63, 3.8) is 0 Å². The lowest BCUT2D eigenvalue weighted by Gasteiger charge is -2.26. The highest BCUT2D eigenvalue weighted by Gasteiger charge is 2.30. The second kappa shape index (κ2) is 6.59. The Morgan fingerprint density at radius 2 is 1.78 bits per heavy atom. The lowest BCUT2D eigenvalue weighted by Crippen LogP contribution is -2.42. The Bertz CT molecular complexity index is 703. The van der Waals surface area contributed by atoms with Crippen LogP contribution >= 0.6 is 11.6 Å². The van der Waals surface area contributed by atoms with Crippen molar-refractivity contribution in [1.82, 2.24) is 0 Å². The fourth-order valence-corrected chi connectivity index (χ4v) is 2.55. The molecule has 0 aliphatic carbocycles. The fourth-order valence-electron chi connectivity index (χ4n) is 2.18. The molecular weight excluding hydrogens is 317 g/mol. The Hall–Kier alpha value is -2.07. The first-order valence-corrected chi connectivity index (χ1v) is 7.59. The Morgan fingerprint density at radius 3 is 2.35 bits per heavy atom. The number of anilines is 1. The van der Waals surface area contributed by atoms with E-state index in [1.807, 2.05) is 19.9 Å². The van der Waals surface area contributed by atoms with Crippen molar-refractivity contribution in [2.75, 3.05) is 5.32 Å². The van der Waals surface area contributed by atoms with Crippen LogP contribution in [0.2, 0.25) is 5.02 Å². The average Bonchev–Trinajstić information content (AvgIpc) is 2.44. The van der Waals surface area contributed by atoms with E-state index in [1.54, 1.807) is 19.9 Å². The number of carbonyl (C=O) groups excluding carboxylic acids is 1. The maximum absolute atomic E-state index is 12.9. The smallest absolute Gasteiger partial charge is 0.268 e. The summed E-state index contributed by atoms with van der Waals surface area (Å²) in [6, 6.07) is 9.25. The number of ether oxygens (including phenoxy) is 1. The van der Waals surface area contributed by atoms with Gasteiger partial charge >= 0.3 is 0 Å². The van der Waals surface area contributed by atoms with Crippen LogP contribution in [0, 0.1) is 19.7 Å². The molecule has 0 heterocycles. The summed E-state index contributed by atoms with van der Waals surface area (Å²) in [6.45, 7) is 7.10. The minimum atomic E-state index is -1.14. The van der Waals surface area contributed by atoms with Gasteiger partial charge in [-0.15, -0.1) is 0 Å². The van der Waals surface area contributed by atoms with Crippen molar-refractivity contribution >= 4 is 23.2 Å². The number of aryl methyl sites for hydroxylation is 2. The van der Waals surface area contributed by atoms with Gasteiger partial charge in [-0.1, -0.05) is 17.7 Å². The van der Waals surface area contributed by atoms with Crippen LogP contribution in [-0.2, 0) is 4.79 Å². The Morgan fingerprint density at radius 1 is 1.17 bits per heavy atom. The molecule has 2 aromatic rings. The van der Waals surface area contributed by atoms with Gasteiger partial charge in [0.1, 0.15) is 11.6 Å². The molecule has 0 aliphatic heterocycles. The number of benzene rings is 2. The molecule has 3 nitrogen and oxygen atoms in total. The number of hydrogen-bond donors (Lipinski definition) is 1. The molecule has 2 aromatic carbocycles. The van der Waals surface area contributed by atoms with E-state index in [1.165, 1.54) is 24.3 Å². The summed E-state index contributed by atoms with van der Waals surface area (Å²) in [6.07, 6.45) is 0. The molecule has 1 amide bonds. The lowest BCUT2D eigenvalue weighted by atomic mass is 10.1. The Labute approximate surface area is 140 Å². The third-order valence-corrected chi connectivity index (χ3v) is 3.70. The summed E-state index contributed by atoms with van der Waals surface area (Å²) in [5, 5.41) is 3.29. The first-order chi connectivity index (χ1) is 10.7. The largest absolute Gasteiger partial charge is 0.478 e. The second-order valence-electron chi connectivity index (χ2n) is 5.96. The van der Waals surface area contributed by atoms with Crippen molar-refractivity contribution < 1.29 is 13.9 Å². The van der Waals surface area contributed by atoms with Crippen molar-refractivity contribution in [3.8, 4) is 5.75 Å². The zero-order valence-electron chi connectivity index (χ0n) is 13.5. The molecule has 5 heteroatoms. The van der Waals surface area contributed by atoms with Crippen LogP contribution in [0.1, 0.15) is 25.0 Å². The molecular formula is C18H19ClFNO2. The molecule has 122 valence electrons. The summed E-state index contributed by atoms with van der Waals surface area (Å²) >= 11 is 6.21. The monoisotopic (exact) mass is 335 g/mol. The first kappa shape index (κ1) is 17.3. The third kappa shape index (κ3) is 4.23. The van der Waals surface area contributed by atoms with Crippen LogP contribution in [-0.4, -0.2) is 11.5 Å². The lowest BCUT2D eigenvalue weighted by molar-refractivity contribution is -0.128. The standard InChI is InChI=1S/C18H19ClFNO2/c1-11-9-12(2)16(15(19)10-11)21-17(22)18(3,4)23-14-7-5-13(20)6-8-14/h5-10H,1-4H3,(H,21,22). The van der Waals surface area contributed by atoms with Crippen LogP contribution in [0.25, 0.3) is 0 Å². The van der Waals surface area contributed by atoms with E-state index >= 15 is 0 Å². The van der Waals surface area contributed by atoms with Gasteiger partial charge in [-0.25, -0.2) is 4.39 Å². The molecule has 0 aliphatic rings. The molecule has 0 aromatic heterocycles. The van der Waals surface area contributed by atoms with Crippen LogP contribution in [0.3, 0.4) is 0 Å². The number of amides is 1. The maximum Gasteiger partial charge on any atom is 0.268 e. The molecule has 1 N–H and O–H groups in total. The van der Waals surface area contributed by atoms with Gasteiger partial charge in [0.2, 0.25) is 0 Å². The normalized spacial score (nSPS) is 11.2. The number of halogens is 2. The zero-order valence-corrected chi connectivity index (χ0v) is 14.3. The van der Waals surface area contributed by atoms with E-state index in [2.05, 4.69) is 5.32 Å². The quantitative estimate of drug-likeness (QED) is 0.863. The highest BCUT2D eigenvalue weighted by Crippen LogP contribution is 2.29. The van der Waals surface area contributed by atoms with Crippen LogP contribution < -0.4 is 10.1 Å². The van der Waals surface area contributed by atoms with Crippen molar-refractivity contribution in [2.45, 2.75) is 33.3 Å². The molecule has 23 heavy (non-hydrogen) atoms. The summed E-state index contributed by atoms with van der Waals surface area (Å²) in [5.74, 6) is -0.282. The van der Waals surface area contributed by atoms with Gasteiger partial charge in [0.05, 0.1) is 10.7 Å². The molecule has 0 radical (unpaired) electrons. The van der Waals surface area contributed by atoms with E-state index in [0.29, 0.717) is 16.5 Å². The SMILES string of the molecule is Cc1cc(C)c(NC(=O)C(C)(C)Oc2ccc(F)cc2)c(Cl)c1. The minimum absolute atomic E-state index is 0.337. The van der Waals surface area contributed by atoms with Gasteiger partial charge < -0.3 is 10.1 Å². The van der Waals surface area contributed by atoms with Crippen molar-refractivity contribution in [2.24, 2.45) is 0 Å². The predicted molar refractivity (Wildman–Crippen MR) is 90.7 cm³/mol. The van der Waals surface area contributed by atoms with E-state index in [-0.39, 0.29) is 11.7 Å². The van der Waals surface area contributed by atoms with Crippen LogP contribution in [0.4, 0.5) is 10.1 Å². The highest BCUT2D eigenvalue weighted by atomic mass is 35.5. The van der Waals surface area contributed by atoms with Gasteiger partial charge in [-0.05, 0) is 69.2 Å². The number of rotatable bonds is 4. The van der Waals surface area contributed by atoms with E-state index in [9.17, 15) is 9.18 Å². The number of carbonyl (C=O) groups is 1. The Balaban J connectivity index is 2.17. The summed E-state index contributed by atoms with van der Waals surface area (Å²) < 4.78 is 18.6. The molecule has 2 rings (SSSR count). The third-order valence-electron chi connectivity index (χ3n) is 3.40. The number of hydrogen-bond acceptors (Lipinski definition) is 2. The second-order valence-corrected chi connectivity index (χ2v) is 6.37. The summed E-state index contributed by atoms with van der Waals surface area (Å²) in [7, 11) is 0. The first-order valence-electron chi connectivity index (χ1n) is 7.22. The number of nitrogens with one attached hydrogen (secondary N) is 1. The Kier molecular flexibility index (Phi) is 4.95. The summed E-state index contributed by atoms with van der Waals surface area (Å²) in [5.41, 5.74) is 1.32. The molecule has 0 saturated carbocycles. The van der Waals surface area contributed by atoms with Gasteiger partial charge in [-0.2, -0.15) is 0 Å². The topological polar surface area (TPSA) is 38.3 Å². The molecule has 0 saturated heterocycles. The van der Waals surface area contributed by atoms with Crippen molar-refractivity contribution in [3.05, 3.63) is 58.4 Å². The predicted octanol–water partition coefficient (Wildman–Crippen LogP) is 4.89. The van der Waals surface area contributed by atoms with E-state index in [4.69, 9.17) is 16.3 Å². The molecule has 0 bridgehead atoms. The highest BCUT2D eigenvalue weighted by molar-refractivity contribution is 6.34. The van der Waals surface area contributed by atoms with Gasteiger partial charge in [-0.3, -0.25) is 4.79 Å². The average molecular weight is 336 g/mol. The van der Waals surface area contributed by atoms with Crippen LogP contribution in [0.15, 0.2) is 36.4 Å². The summed E-state index contributed by atoms with van der Waals surface area (Å²) in [4.78, 5) is 12.5. The van der Waals surface area contributed by atoms with Gasteiger partial charge in [0.25, 0.3) is 5.91 Å². The van der Waals surface area contributed by atoms with Gasteiger partial charge in [0.15, 0.2) is 5.60 Å². The minimum Gasteiger partial charge on any atom is -0.478 e. The molecule has 0 unspecified atom stereocenters.